The maximum absolute atomic E-state index is 12.2. The van der Waals surface area contributed by atoms with Crippen LogP contribution in [0.25, 0.3) is 0 Å². The Kier molecular flexibility index (Phi) is 3.99. The highest BCUT2D eigenvalue weighted by molar-refractivity contribution is 5.93. The average Bonchev–Trinajstić information content (AvgIpc) is 2.38. The molecule has 1 saturated heterocycles. The second-order valence-corrected chi connectivity index (χ2v) is 4.80. The minimum Gasteiger partial charge on any atom is -0.481 e. The molecule has 1 aliphatic rings. The first-order valence-corrected chi connectivity index (χ1v) is 6.26. The molecule has 1 aromatic rings. The highest BCUT2D eigenvalue weighted by Gasteiger charge is 2.25. The predicted octanol–water partition coefficient (Wildman–Crippen LogP) is 0.702. The molecule has 0 spiro atoms. The lowest BCUT2D eigenvalue weighted by Crippen LogP contribution is -2.40. The highest BCUT2D eigenvalue weighted by atomic mass is 16.4. The molecular weight excluding hydrogens is 248 g/mol. The fourth-order valence-electron chi connectivity index (χ4n) is 2.39. The molecule has 1 fully saturated rings. The summed E-state index contributed by atoms with van der Waals surface area (Å²) in [5.74, 6) is -0.979. The molecule has 1 aromatic heterocycles. The van der Waals surface area contributed by atoms with Crippen LogP contribution in [-0.4, -0.2) is 40.0 Å². The van der Waals surface area contributed by atoms with E-state index in [1.807, 2.05) is 0 Å². The quantitative estimate of drug-likeness (QED) is 0.840. The van der Waals surface area contributed by atoms with Crippen LogP contribution in [0, 0.1) is 5.92 Å². The Hall–Kier alpha value is -2.11. The molecule has 6 heteroatoms. The normalized spacial score (nSPS) is 19.2. The topological polar surface area (TPSA) is 90.5 Å². The smallest absolute Gasteiger partial charge is 0.303 e. The lowest BCUT2D eigenvalue weighted by Gasteiger charge is -2.32. The van der Waals surface area contributed by atoms with Crippen molar-refractivity contribution in [1.29, 1.82) is 0 Å². The number of piperidine rings is 1. The van der Waals surface area contributed by atoms with Crippen LogP contribution >= 0.6 is 0 Å². The van der Waals surface area contributed by atoms with Crippen molar-refractivity contribution in [2.45, 2.75) is 19.3 Å². The molecule has 1 aliphatic heterocycles. The number of hydrogen-bond donors (Lipinski definition) is 2. The monoisotopic (exact) mass is 264 g/mol. The first-order valence-electron chi connectivity index (χ1n) is 6.26. The molecule has 2 N–H and O–H groups in total. The number of carboxylic acid groups (broad SMARTS) is 1. The molecule has 102 valence electrons. The number of nitrogens with one attached hydrogen (secondary N) is 1. The third-order valence-corrected chi connectivity index (χ3v) is 3.30. The van der Waals surface area contributed by atoms with Gasteiger partial charge in [-0.1, -0.05) is 0 Å². The van der Waals surface area contributed by atoms with E-state index < -0.39 is 5.97 Å². The molecule has 1 atom stereocenters. The van der Waals surface area contributed by atoms with Crippen LogP contribution in [-0.2, 0) is 4.79 Å². The Bertz CT molecular complexity index is 517. The number of pyridine rings is 1. The third-order valence-electron chi connectivity index (χ3n) is 3.30. The first kappa shape index (κ1) is 13.3. The van der Waals surface area contributed by atoms with E-state index in [1.54, 1.807) is 4.90 Å². The van der Waals surface area contributed by atoms with Gasteiger partial charge in [0.05, 0.1) is 5.56 Å². The Morgan fingerprint density at radius 1 is 1.42 bits per heavy atom. The molecule has 0 radical (unpaired) electrons. The van der Waals surface area contributed by atoms with Crippen molar-refractivity contribution in [3.05, 3.63) is 34.2 Å². The van der Waals surface area contributed by atoms with Crippen LogP contribution in [0.5, 0.6) is 0 Å². The largest absolute Gasteiger partial charge is 0.481 e. The van der Waals surface area contributed by atoms with E-state index in [2.05, 4.69) is 4.98 Å². The van der Waals surface area contributed by atoms with Gasteiger partial charge in [0.15, 0.2) is 0 Å². The van der Waals surface area contributed by atoms with Gasteiger partial charge in [-0.05, 0) is 24.8 Å². The Balaban J connectivity index is 2.04. The second-order valence-electron chi connectivity index (χ2n) is 4.80. The summed E-state index contributed by atoms with van der Waals surface area (Å²) >= 11 is 0. The van der Waals surface area contributed by atoms with Gasteiger partial charge >= 0.3 is 5.97 Å². The van der Waals surface area contributed by atoms with Crippen LogP contribution in [0.2, 0.25) is 0 Å². The van der Waals surface area contributed by atoms with Gasteiger partial charge in [-0.3, -0.25) is 14.4 Å². The molecule has 0 aromatic carbocycles. The Morgan fingerprint density at radius 2 is 2.21 bits per heavy atom. The fourth-order valence-corrected chi connectivity index (χ4v) is 2.39. The van der Waals surface area contributed by atoms with E-state index in [1.165, 1.54) is 18.3 Å². The van der Waals surface area contributed by atoms with E-state index in [0.29, 0.717) is 18.7 Å². The maximum atomic E-state index is 12.2. The van der Waals surface area contributed by atoms with Gasteiger partial charge in [0.1, 0.15) is 0 Å². The molecule has 1 amide bonds. The number of carbonyl (C=O) groups excluding carboxylic acids is 1. The number of carboxylic acids is 1. The van der Waals surface area contributed by atoms with Gasteiger partial charge in [-0.25, -0.2) is 0 Å². The molecule has 1 unspecified atom stereocenters. The standard InChI is InChI=1S/C13H16N2O4/c16-11-4-3-10(7-14-11)13(19)15-5-1-2-9(8-15)6-12(17)18/h3-4,7,9H,1-2,5-6,8H2,(H,14,16)(H,17,18). The number of hydrogen-bond acceptors (Lipinski definition) is 3. The van der Waals surface area contributed by atoms with Crippen molar-refractivity contribution >= 4 is 11.9 Å². The number of H-pyrrole nitrogens is 1. The number of rotatable bonds is 3. The van der Waals surface area contributed by atoms with Gasteiger partial charge in [-0.15, -0.1) is 0 Å². The zero-order chi connectivity index (χ0) is 13.8. The molecule has 19 heavy (non-hydrogen) atoms. The molecule has 0 saturated carbocycles. The number of likely N-dealkylation sites (tertiary alicyclic amines) is 1. The van der Waals surface area contributed by atoms with Gasteiger partial charge in [0.25, 0.3) is 5.91 Å². The summed E-state index contributed by atoms with van der Waals surface area (Å²) in [7, 11) is 0. The van der Waals surface area contributed by atoms with Crippen LogP contribution < -0.4 is 5.56 Å². The van der Waals surface area contributed by atoms with Crippen molar-refractivity contribution in [3.8, 4) is 0 Å². The van der Waals surface area contributed by atoms with Crippen LogP contribution in [0.15, 0.2) is 23.1 Å². The number of aromatic nitrogens is 1. The van der Waals surface area contributed by atoms with Crippen LogP contribution in [0.4, 0.5) is 0 Å². The SMILES string of the molecule is O=C(O)CC1CCCN(C(=O)c2ccc(=O)[nH]c2)C1. The number of amides is 1. The highest BCUT2D eigenvalue weighted by Crippen LogP contribution is 2.20. The van der Waals surface area contributed by atoms with E-state index >= 15 is 0 Å². The molecular formula is C13H16N2O4. The van der Waals surface area contributed by atoms with Crippen molar-refractivity contribution < 1.29 is 14.7 Å². The number of aliphatic carboxylic acids is 1. The van der Waals surface area contributed by atoms with Crippen molar-refractivity contribution in [1.82, 2.24) is 9.88 Å². The van der Waals surface area contributed by atoms with Crippen molar-refractivity contribution in [2.24, 2.45) is 5.92 Å². The Morgan fingerprint density at radius 3 is 2.84 bits per heavy atom. The fraction of sp³-hybridized carbons (Fsp3) is 0.462. The van der Waals surface area contributed by atoms with Gasteiger partial charge in [-0.2, -0.15) is 0 Å². The maximum Gasteiger partial charge on any atom is 0.303 e. The number of nitrogens with zero attached hydrogens (tertiary/aromatic N) is 1. The van der Waals surface area contributed by atoms with Gasteiger partial charge < -0.3 is 15.0 Å². The summed E-state index contributed by atoms with van der Waals surface area (Å²) in [6.45, 7) is 1.10. The summed E-state index contributed by atoms with van der Waals surface area (Å²) in [6.07, 6.45) is 3.13. The van der Waals surface area contributed by atoms with Crippen LogP contribution in [0.3, 0.4) is 0 Å². The minimum atomic E-state index is -0.830. The number of aromatic amines is 1. The van der Waals surface area contributed by atoms with Crippen molar-refractivity contribution in [2.75, 3.05) is 13.1 Å². The summed E-state index contributed by atoms with van der Waals surface area (Å²) < 4.78 is 0. The van der Waals surface area contributed by atoms with Crippen LogP contribution in [0.1, 0.15) is 29.6 Å². The molecule has 2 rings (SSSR count). The minimum absolute atomic E-state index is 0.0120. The first-order chi connectivity index (χ1) is 9.06. The lowest BCUT2D eigenvalue weighted by molar-refractivity contribution is -0.138. The Labute approximate surface area is 110 Å². The van der Waals surface area contributed by atoms with E-state index in [0.717, 1.165) is 12.8 Å². The van der Waals surface area contributed by atoms with Gasteiger partial charge in [0, 0.05) is 31.8 Å². The van der Waals surface area contributed by atoms with Crippen molar-refractivity contribution in [3.63, 3.8) is 0 Å². The summed E-state index contributed by atoms with van der Waals surface area (Å²) in [4.78, 5) is 38.0. The molecule has 6 nitrogen and oxygen atoms in total. The summed E-state index contributed by atoms with van der Waals surface area (Å²) in [5.41, 5.74) is 0.175. The van der Waals surface area contributed by atoms with Gasteiger partial charge in [0.2, 0.25) is 5.56 Å². The summed E-state index contributed by atoms with van der Waals surface area (Å²) in [6, 6.07) is 2.80. The zero-order valence-electron chi connectivity index (χ0n) is 10.5. The predicted molar refractivity (Wildman–Crippen MR) is 67.9 cm³/mol. The van der Waals surface area contributed by atoms with E-state index in [9.17, 15) is 14.4 Å². The molecule has 2 heterocycles. The third kappa shape index (κ3) is 3.43. The average molecular weight is 264 g/mol. The summed E-state index contributed by atoms with van der Waals surface area (Å²) in [5, 5.41) is 8.79. The second kappa shape index (κ2) is 5.69. The molecule has 0 bridgehead atoms. The molecule has 0 aliphatic carbocycles. The van der Waals surface area contributed by atoms with E-state index in [4.69, 9.17) is 5.11 Å². The number of carbonyl (C=O) groups is 2. The lowest BCUT2D eigenvalue weighted by atomic mass is 9.94. The van der Waals surface area contributed by atoms with E-state index in [-0.39, 0.29) is 23.8 Å². The zero-order valence-corrected chi connectivity index (χ0v) is 10.5.